The van der Waals surface area contributed by atoms with Crippen molar-refractivity contribution >= 4 is 21.6 Å². The predicted molar refractivity (Wildman–Crippen MR) is 90.6 cm³/mol. The summed E-state index contributed by atoms with van der Waals surface area (Å²) in [5, 5.41) is 2.55. The third-order valence-corrected chi connectivity index (χ3v) is 5.39. The Bertz CT molecular complexity index is 803. The highest BCUT2D eigenvalue weighted by molar-refractivity contribution is 7.89. The number of hydrogen-bond donors (Lipinski definition) is 1. The number of aryl methyl sites for hydroxylation is 1. The van der Waals surface area contributed by atoms with Gasteiger partial charge in [0.15, 0.2) is 0 Å². The number of halogens is 1. The van der Waals surface area contributed by atoms with Crippen LogP contribution >= 0.6 is 0 Å². The van der Waals surface area contributed by atoms with Gasteiger partial charge in [0, 0.05) is 12.2 Å². The van der Waals surface area contributed by atoms with Crippen molar-refractivity contribution in [1.82, 2.24) is 4.31 Å². The van der Waals surface area contributed by atoms with E-state index < -0.39 is 21.7 Å². The van der Waals surface area contributed by atoms with E-state index in [0.29, 0.717) is 5.69 Å². The first kappa shape index (κ1) is 18.1. The molecule has 0 saturated carbocycles. The van der Waals surface area contributed by atoms with Gasteiger partial charge >= 0.3 is 0 Å². The summed E-state index contributed by atoms with van der Waals surface area (Å²) in [7, 11) is -3.75. The van der Waals surface area contributed by atoms with Gasteiger partial charge in [0.1, 0.15) is 5.82 Å². The van der Waals surface area contributed by atoms with Crippen molar-refractivity contribution in [2.45, 2.75) is 18.7 Å². The van der Waals surface area contributed by atoms with Gasteiger partial charge in [-0.05, 0) is 43.3 Å². The van der Waals surface area contributed by atoms with E-state index in [0.717, 1.165) is 9.87 Å². The molecule has 2 aromatic rings. The average Bonchev–Trinajstić information content (AvgIpc) is 2.55. The molecule has 1 N–H and O–H groups in total. The maximum absolute atomic E-state index is 12.9. The molecule has 24 heavy (non-hydrogen) atoms. The van der Waals surface area contributed by atoms with E-state index in [9.17, 15) is 17.6 Å². The largest absolute Gasteiger partial charge is 0.325 e. The van der Waals surface area contributed by atoms with Crippen LogP contribution in [0, 0.1) is 12.7 Å². The van der Waals surface area contributed by atoms with E-state index in [1.165, 1.54) is 36.4 Å². The summed E-state index contributed by atoms with van der Waals surface area (Å²) in [6, 6.07) is 11.7. The highest BCUT2D eigenvalue weighted by Crippen LogP contribution is 2.16. The van der Waals surface area contributed by atoms with E-state index in [1.54, 1.807) is 19.1 Å². The van der Waals surface area contributed by atoms with Gasteiger partial charge in [-0.1, -0.05) is 24.6 Å². The van der Waals surface area contributed by atoms with Crippen LogP contribution < -0.4 is 5.32 Å². The van der Waals surface area contributed by atoms with Gasteiger partial charge in [-0.2, -0.15) is 4.31 Å². The number of sulfonamides is 1. The van der Waals surface area contributed by atoms with Crippen LogP contribution in [0.5, 0.6) is 0 Å². The lowest BCUT2D eigenvalue weighted by Crippen LogP contribution is -2.37. The van der Waals surface area contributed by atoms with Gasteiger partial charge in [-0.3, -0.25) is 4.79 Å². The van der Waals surface area contributed by atoms with Crippen molar-refractivity contribution in [3.05, 3.63) is 59.9 Å². The Hall–Kier alpha value is -2.25. The molecule has 0 saturated heterocycles. The van der Waals surface area contributed by atoms with Crippen molar-refractivity contribution < 1.29 is 17.6 Å². The van der Waals surface area contributed by atoms with Gasteiger partial charge in [-0.15, -0.1) is 0 Å². The van der Waals surface area contributed by atoms with Crippen molar-refractivity contribution in [2.24, 2.45) is 0 Å². The third kappa shape index (κ3) is 4.39. The average molecular weight is 350 g/mol. The summed E-state index contributed by atoms with van der Waals surface area (Å²) in [6.45, 7) is 3.37. The second-order valence-electron chi connectivity index (χ2n) is 5.30. The van der Waals surface area contributed by atoms with Crippen molar-refractivity contribution in [1.29, 1.82) is 0 Å². The van der Waals surface area contributed by atoms with Crippen LogP contribution in [0.3, 0.4) is 0 Å². The number of carbonyl (C=O) groups is 1. The number of likely N-dealkylation sites (N-methyl/N-ethyl adjacent to an activating group) is 1. The molecule has 2 rings (SSSR count). The van der Waals surface area contributed by atoms with Gasteiger partial charge in [0.25, 0.3) is 0 Å². The van der Waals surface area contributed by atoms with E-state index in [1.807, 2.05) is 6.92 Å². The maximum atomic E-state index is 12.9. The zero-order chi connectivity index (χ0) is 17.7. The van der Waals surface area contributed by atoms with E-state index in [4.69, 9.17) is 0 Å². The van der Waals surface area contributed by atoms with Crippen LogP contribution in [-0.4, -0.2) is 31.7 Å². The lowest BCUT2D eigenvalue weighted by atomic mass is 10.2. The summed E-state index contributed by atoms with van der Waals surface area (Å²) >= 11 is 0. The smallest absolute Gasteiger partial charge is 0.243 e. The molecule has 0 bridgehead atoms. The molecule has 1 amide bonds. The number of amides is 1. The SMILES string of the molecule is CCN(CC(=O)Nc1ccc(F)cc1)S(=O)(=O)c1ccc(C)cc1. The molecule has 0 aliphatic carbocycles. The molecule has 5 nitrogen and oxygen atoms in total. The summed E-state index contributed by atoms with van der Waals surface area (Å²) in [5.74, 6) is -0.899. The second-order valence-corrected chi connectivity index (χ2v) is 7.24. The quantitative estimate of drug-likeness (QED) is 0.871. The summed E-state index contributed by atoms with van der Waals surface area (Å²) in [4.78, 5) is 12.2. The fourth-order valence-corrected chi connectivity index (χ4v) is 3.53. The monoisotopic (exact) mass is 350 g/mol. The van der Waals surface area contributed by atoms with Crippen LogP contribution in [0.25, 0.3) is 0 Å². The zero-order valence-corrected chi connectivity index (χ0v) is 14.3. The molecular formula is C17H19FN2O3S. The molecule has 0 aromatic heterocycles. The van der Waals surface area contributed by atoms with Crippen molar-refractivity contribution in [3.8, 4) is 0 Å². The molecule has 0 unspecified atom stereocenters. The van der Waals surface area contributed by atoms with Crippen LogP contribution in [0.15, 0.2) is 53.4 Å². The fourth-order valence-electron chi connectivity index (χ4n) is 2.12. The Balaban J connectivity index is 2.11. The Morgan fingerprint density at radius 2 is 1.67 bits per heavy atom. The summed E-state index contributed by atoms with van der Waals surface area (Å²) in [5.41, 5.74) is 1.36. The summed E-state index contributed by atoms with van der Waals surface area (Å²) in [6.07, 6.45) is 0. The fraction of sp³-hybridized carbons (Fsp3) is 0.235. The first-order chi connectivity index (χ1) is 11.3. The topological polar surface area (TPSA) is 66.5 Å². The standard InChI is InChI=1S/C17H19FN2O3S/c1-3-20(24(22,23)16-10-4-13(2)5-11-16)12-17(21)19-15-8-6-14(18)7-9-15/h4-11H,3,12H2,1-2H3,(H,19,21). The normalized spacial score (nSPS) is 11.5. The molecule has 0 aliphatic heterocycles. The molecule has 0 heterocycles. The highest BCUT2D eigenvalue weighted by Gasteiger charge is 2.25. The Morgan fingerprint density at radius 3 is 2.21 bits per heavy atom. The molecule has 0 fully saturated rings. The van der Waals surface area contributed by atoms with E-state index in [2.05, 4.69) is 5.32 Å². The van der Waals surface area contributed by atoms with Gasteiger partial charge in [0.2, 0.25) is 15.9 Å². The molecule has 0 aliphatic rings. The minimum atomic E-state index is -3.75. The Morgan fingerprint density at radius 1 is 1.08 bits per heavy atom. The zero-order valence-electron chi connectivity index (χ0n) is 13.5. The number of nitrogens with zero attached hydrogens (tertiary/aromatic N) is 1. The predicted octanol–water partition coefficient (Wildman–Crippen LogP) is 2.78. The second kappa shape index (κ2) is 7.55. The lowest BCUT2D eigenvalue weighted by Gasteiger charge is -2.20. The Labute approximate surface area is 141 Å². The number of carbonyl (C=O) groups excluding carboxylic acids is 1. The van der Waals surface area contributed by atoms with Crippen LogP contribution in [-0.2, 0) is 14.8 Å². The minimum Gasteiger partial charge on any atom is -0.325 e. The number of benzene rings is 2. The maximum Gasteiger partial charge on any atom is 0.243 e. The molecule has 2 aromatic carbocycles. The first-order valence-electron chi connectivity index (χ1n) is 7.45. The first-order valence-corrected chi connectivity index (χ1v) is 8.89. The number of nitrogens with one attached hydrogen (secondary N) is 1. The molecule has 128 valence electrons. The van der Waals surface area contributed by atoms with E-state index in [-0.39, 0.29) is 18.0 Å². The van der Waals surface area contributed by atoms with E-state index >= 15 is 0 Å². The minimum absolute atomic E-state index is 0.143. The van der Waals surface area contributed by atoms with Crippen molar-refractivity contribution in [2.75, 3.05) is 18.4 Å². The number of hydrogen-bond acceptors (Lipinski definition) is 3. The van der Waals surface area contributed by atoms with Gasteiger partial charge < -0.3 is 5.32 Å². The molecular weight excluding hydrogens is 331 g/mol. The lowest BCUT2D eigenvalue weighted by molar-refractivity contribution is -0.116. The van der Waals surface area contributed by atoms with Crippen molar-refractivity contribution in [3.63, 3.8) is 0 Å². The summed E-state index contributed by atoms with van der Waals surface area (Å²) < 4.78 is 39.2. The molecule has 7 heteroatoms. The van der Waals surface area contributed by atoms with Gasteiger partial charge in [-0.25, -0.2) is 12.8 Å². The van der Waals surface area contributed by atoms with Crippen LogP contribution in [0.4, 0.5) is 10.1 Å². The highest BCUT2D eigenvalue weighted by atomic mass is 32.2. The number of anilines is 1. The van der Waals surface area contributed by atoms with Gasteiger partial charge in [0.05, 0.1) is 11.4 Å². The van der Waals surface area contributed by atoms with Crippen LogP contribution in [0.1, 0.15) is 12.5 Å². The Kier molecular flexibility index (Phi) is 5.69. The molecule has 0 atom stereocenters. The number of rotatable bonds is 6. The van der Waals surface area contributed by atoms with Crippen LogP contribution in [0.2, 0.25) is 0 Å². The third-order valence-electron chi connectivity index (χ3n) is 3.46. The molecule has 0 spiro atoms. The molecule has 0 radical (unpaired) electrons.